The summed E-state index contributed by atoms with van der Waals surface area (Å²) in [7, 11) is 1.63. The van der Waals surface area contributed by atoms with Gasteiger partial charge in [-0.05, 0) is 36.8 Å². The topological polar surface area (TPSA) is 49.2 Å². The van der Waals surface area contributed by atoms with Crippen molar-refractivity contribution < 1.29 is 9.47 Å². The predicted octanol–water partition coefficient (Wildman–Crippen LogP) is 2.78. The third kappa shape index (κ3) is 2.30. The van der Waals surface area contributed by atoms with Crippen LogP contribution in [0.2, 0.25) is 0 Å². The van der Waals surface area contributed by atoms with E-state index in [9.17, 15) is 0 Å². The minimum Gasteiger partial charge on any atom is -0.493 e. The number of aromatic nitrogens is 3. The second kappa shape index (κ2) is 5.21. The van der Waals surface area contributed by atoms with Crippen LogP contribution in [-0.2, 0) is 6.73 Å². The Labute approximate surface area is 116 Å². The summed E-state index contributed by atoms with van der Waals surface area (Å²) in [5.41, 5.74) is 2.92. The zero-order valence-electron chi connectivity index (χ0n) is 11.4. The molecule has 0 aliphatic heterocycles. The number of fused-ring (bicyclic) bond motifs is 1. The highest BCUT2D eigenvalue weighted by molar-refractivity contribution is 5.73. The average Bonchev–Trinajstić information content (AvgIpc) is 2.89. The third-order valence-corrected chi connectivity index (χ3v) is 3.08. The fraction of sp³-hybridized carbons (Fsp3) is 0.200. The molecule has 0 spiro atoms. The number of benzene rings is 2. The van der Waals surface area contributed by atoms with Crippen molar-refractivity contribution in [2.75, 3.05) is 7.11 Å². The lowest BCUT2D eigenvalue weighted by atomic mass is 10.2. The summed E-state index contributed by atoms with van der Waals surface area (Å²) in [5, 5.41) is 8.17. The monoisotopic (exact) mass is 269 g/mol. The molecule has 0 fully saturated rings. The number of hydrogen-bond donors (Lipinski definition) is 0. The molecular weight excluding hydrogens is 254 g/mol. The van der Waals surface area contributed by atoms with Crippen molar-refractivity contribution in [3.05, 3.63) is 48.0 Å². The summed E-state index contributed by atoms with van der Waals surface area (Å²) in [5.74, 6) is 1.41. The van der Waals surface area contributed by atoms with Gasteiger partial charge < -0.3 is 9.47 Å². The van der Waals surface area contributed by atoms with Gasteiger partial charge in [0.05, 0.1) is 12.6 Å². The molecule has 0 atom stereocenters. The first kappa shape index (κ1) is 12.5. The molecule has 0 radical (unpaired) electrons. The van der Waals surface area contributed by atoms with Crippen molar-refractivity contribution in [1.29, 1.82) is 0 Å². The van der Waals surface area contributed by atoms with E-state index in [1.807, 2.05) is 49.4 Å². The van der Waals surface area contributed by atoms with Gasteiger partial charge in [0.1, 0.15) is 5.52 Å². The van der Waals surface area contributed by atoms with Crippen LogP contribution in [0.3, 0.4) is 0 Å². The number of hydrogen-bond acceptors (Lipinski definition) is 4. The lowest BCUT2D eigenvalue weighted by molar-refractivity contribution is 0.213. The number of aryl methyl sites for hydroxylation is 1. The van der Waals surface area contributed by atoms with Gasteiger partial charge in [-0.25, -0.2) is 4.68 Å². The van der Waals surface area contributed by atoms with Crippen LogP contribution >= 0.6 is 0 Å². The van der Waals surface area contributed by atoms with Gasteiger partial charge in [-0.1, -0.05) is 23.4 Å². The first-order chi connectivity index (χ1) is 9.78. The van der Waals surface area contributed by atoms with Gasteiger partial charge >= 0.3 is 0 Å². The van der Waals surface area contributed by atoms with E-state index >= 15 is 0 Å². The van der Waals surface area contributed by atoms with Crippen LogP contribution in [0.4, 0.5) is 0 Å². The van der Waals surface area contributed by atoms with Gasteiger partial charge in [0.25, 0.3) is 0 Å². The highest BCUT2D eigenvalue weighted by atomic mass is 16.5. The molecule has 2 aromatic carbocycles. The molecule has 102 valence electrons. The summed E-state index contributed by atoms with van der Waals surface area (Å²) in [6.45, 7) is 2.30. The lowest BCUT2D eigenvalue weighted by Gasteiger charge is -2.11. The van der Waals surface area contributed by atoms with Crippen molar-refractivity contribution in [3.8, 4) is 11.5 Å². The Morgan fingerprint density at radius 3 is 2.80 bits per heavy atom. The van der Waals surface area contributed by atoms with Gasteiger partial charge in [-0.3, -0.25) is 0 Å². The summed E-state index contributed by atoms with van der Waals surface area (Å²) < 4.78 is 12.8. The average molecular weight is 269 g/mol. The summed E-state index contributed by atoms with van der Waals surface area (Å²) in [4.78, 5) is 0. The van der Waals surface area contributed by atoms with E-state index < -0.39 is 0 Å². The molecule has 0 bridgehead atoms. The Kier molecular flexibility index (Phi) is 3.25. The maximum atomic E-state index is 5.77. The van der Waals surface area contributed by atoms with Crippen molar-refractivity contribution in [2.45, 2.75) is 13.7 Å². The molecule has 5 nitrogen and oxygen atoms in total. The van der Waals surface area contributed by atoms with Gasteiger partial charge in [0.2, 0.25) is 0 Å². The molecule has 3 rings (SSSR count). The zero-order chi connectivity index (χ0) is 13.9. The van der Waals surface area contributed by atoms with Gasteiger partial charge in [-0.2, -0.15) is 0 Å². The lowest BCUT2D eigenvalue weighted by Crippen LogP contribution is -2.07. The van der Waals surface area contributed by atoms with Crippen molar-refractivity contribution in [3.63, 3.8) is 0 Å². The van der Waals surface area contributed by atoms with Crippen LogP contribution < -0.4 is 9.47 Å². The van der Waals surface area contributed by atoms with Crippen molar-refractivity contribution >= 4 is 11.0 Å². The van der Waals surface area contributed by atoms with E-state index in [1.165, 1.54) is 0 Å². The van der Waals surface area contributed by atoms with Gasteiger partial charge in [0.15, 0.2) is 18.2 Å². The minimum atomic E-state index is 0.292. The molecule has 0 N–H and O–H groups in total. The molecule has 0 amide bonds. The van der Waals surface area contributed by atoms with Crippen LogP contribution in [0.15, 0.2) is 42.5 Å². The molecule has 5 heteroatoms. The normalized spacial score (nSPS) is 10.7. The van der Waals surface area contributed by atoms with Crippen LogP contribution in [-0.4, -0.2) is 22.1 Å². The maximum Gasteiger partial charge on any atom is 0.183 e. The fourth-order valence-corrected chi connectivity index (χ4v) is 2.04. The van der Waals surface area contributed by atoms with Crippen LogP contribution in [0.25, 0.3) is 11.0 Å². The first-order valence-electron chi connectivity index (χ1n) is 6.33. The summed E-state index contributed by atoms with van der Waals surface area (Å²) in [6, 6.07) is 13.6. The van der Waals surface area contributed by atoms with Gasteiger partial charge in [0, 0.05) is 0 Å². The molecule has 0 aliphatic carbocycles. The molecule has 0 aliphatic rings. The quantitative estimate of drug-likeness (QED) is 0.730. The molecule has 3 aromatic rings. The summed E-state index contributed by atoms with van der Waals surface area (Å²) in [6.07, 6.45) is 0. The highest BCUT2D eigenvalue weighted by Gasteiger charge is 2.07. The fourth-order valence-electron chi connectivity index (χ4n) is 2.04. The molecular formula is C15H15N3O2. The van der Waals surface area contributed by atoms with E-state index in [4.69, 9.17) is 9.47 Å². The SMILES string of the molecule is COc1cc(C)ccc1OCn1nnc2ccccc21. The molecule has 20 heavy (non-hydrogen) atoms. The number of rotatable bonds is 4. The largest absolute Gasteiger partial charge is 0.493 e. The summed E-state index contributed by atoms with van der Waals surface area (Å²) >= 11 is 0. The molecule has 1 aromatic heterocycles. The van der Waals surface area contributed by atoms with Gasteiger partial charge in [-0.15, -0.1) is 5.10 Å². The van der Waals surface area contributed by atoms with Crippen LogP contribution in [0.1, 0.15) is 5.56 Å². The number of nitrogens with zero attached hydrogens (tertiary/aromatic N) is 3. The third-order valence-electron chi connectivity index (χ3n) is 3.08. The minimum absolute atomic E-state index is 0.292. The molecule has 0 saturated carbocycles. The van der Waals surface area contributed by atoms with E-state index in [1.54, 1.807) is 11.8 Å². The van der Waals surface area contributed by atoms with E-state index in [0.29, 0.717) is 12.5 Å². The van der Waals surface area contributed by atoms with Crippen molar-refractivity contribution in [2.24, 2.45) is 0 Å². The molecule has 0 saturated heterocycles. The Balaban J connectivity index is 1.83. The molecule has 0 unspecified atom stereocenters. The van der Waals surface area contributed by atoms with E-state index in [-0.39, 0.29) is 0 Å². The number of methoxy groups -OCH3 is 1. The Morgan fingerprint density at radius 2 is 1.95 bits per heavy atom. The number of ether oxygens (including phenoxy) is 2. The Bertz CT molecular complexity index is 737. The smallest absolute Gasteiger partial charge is 0.183 e. The van der Waals surface area contributed by atoms with E-state index in [0.717, 1.165) is 22.3 Å². The predicted molar refractivity (Wildman–Crippen MR) is 75.9 cm³/mol. The Hall–Kier alpha value is -2.56. The van der Waals surface area contributed by atoms with Crippen LogP contribution in [0.5, 0.6) is 11.5 Å². The second-order valence-electron chi connectivity index (χ2n) is 4.51. The highest BCUT2D eigenvalue weighted by Crippen LogP contribution is 2.28. The first-order valence-corrected chi connectivity index (χ1v) is 6.33. The van der Waals surface area contributed by atoms with Crippen molar-refractivity contribution in [1.82, 2.24) is 15.0 Å². The standard InChI is InChI=1S/C15H15N3O2/c1-11-7-8-14(15(9-11)19-2)20-10-18-13-6-4-3-5-12(13)16-17-18/h3-9H,10H2,1-2H3. The Morgan fingerprint density at radius 1 is 1.10 bits per heavy atom. The van der Waals surface area contributed by atoms with Crippen LogP contribution in [0, 0.1) is 6.92 Å². The maximum absolute atomic E-state index is 5.77. The van der Waals surface area contributed by atoms with E-state index in [2.05, 4.69) is 10.3 Å². The zero-order valence-corrected chi connectivity index (χ0v) is 11.4. The second-order valence-corrected chi connectivity index (χ2v) is 4.51. The number of para-hydroxylation sites is 1. The molecule has 1 heterocycles.